The second-order valence-electron chi connectivity index (χ2n) is 9.34. The highest BCUT2D eigenvalue weighted by Crippen LogP contribution is 2.21. The highest BCUT2D eigenvalue weighted by atomic mass is 16.1. The Labute approximate surface area is 210 Å². The van der Waals surface area contributed by atoms with E-state index in [1.807, 2.05) is 68.2 Å². The first-order valence-corrected chi connectivity index (χ1v) is 12.0. The van der Waals surface area contributed by atoms with Gasteiger partial charge in [0.05, 0.1) is 18.3 Å². The summed E-state index contributed by atoms with van der Waals surface area (Å²) in [5.74, 6) is 0.437. The number of carbonyl (C=O) groups is 1. The number of nitrogens with zero attached hydrogens (tertiary/aromatic N) is 4. The van der Waals surface area contributed by atoms with Crippen LogP contribution in [-0.4, -0.2) is 25.2 Å². The Balaban J connectivity index is 1.25. The Morgan fingerprint density at radius 1 is 0.944 bits per heavy atom. The molecule has 7 heteroatoms. The number of benzene rings is 2. The van der Waals surface area contributed by atoms with Crippen molar-refractivity contribution in [2.24, 2.45) is 0 Å². The molecule has 7 nitrogen and oxygen atoms in total. The average molecular weight is 479 g/mol. The molecule has 1 amide bonds. The molecule has 3 heterocycles. The van der Waals surface area contributed by atoms with Crippen molar-refractivity contribution < 1.29 is 4.79 Å². The molecule has 0 radical (unpaired) electrons. The van der Waals surface area contributed by atoms with Crippen molar-refractivity contribution in [1.82, 2.24) is 24.6 Å². The topological polar surface area (TPSA) is 90.8 Å². The molecule has 0 fully saturated rings. The third-order valence-corrected chi connectivity index (χ3v) is 6.60. The number of hydrogen-bond donors (Lipinski definition) is 2. The van der Waals surface area contributed by atoms with Gasteiger partial charge in [0.1, 0.15) is 5.82 Å². The summed E-state index contributed by atoms with van der Waals surface area (Å²) in [5.41, 5.74) is 13.2. The van der Waals surface area contributed by atoms with Gasteiger partial charge in [0, 0.05) is 42.3 Å². The molecule has 3 N–H and O–H groups in total. The van der Waals surface area contributed by atoms with E-state index in [-0.39, 0.29) is 5.91 Å². The highest BCUT2D eigenvalue weighted by molar-refractivity contribution is 5.96. The maximum absolute atomic E-state index is 13.0. The summed E-state index contributed by atoms with van der Waals surface area (Å²) in [6.07, 6.45) is 5.61. The molecule has 36 heavy (non-hydrogen) atoms. The first-order valence-electron chi connectivity index (χ1n) is 12.0. The van der Waals surface area contributed by atoms with Gasteiger partial charge in [-0.3, -0.25) is 9.48 Å². The van der Waals surface area contributed by atoms with Crippen LogP contribution >= 0.6 is 0 Å². The van der Waals surface area contributed by atoms with E-state index in [1.165, 1.54) is 11.1 Å². The van der Waals surface area contributed by atoms with Crippen LogP contribution < -0.4 is 11.1 Å². The molecule has 5 aromatic rings. The first kappa shape index (κ1) is 23.4. The van der Waals surface area contributed by atoms with Crippen LogP contribution in [0.25, 0.3) is 10.8 Å². The van der Waals surface area contributed by atoms with Gasteiger partial charge in [-0.05, 0) is 66.6 Å². The quantitative estimate of drug-likeness (QED) is 0.353. The summed E-state index contributed by atoms with van der Waals surface area (Å²) < 4.78 is 4.13. The van der Waals surface area contributed by atoms with Crippen molar-refractivity contribution >= 4 is 22.5 Å². The Hall–Kier alpha value is -4.39. The number of anilines is 1. The zero-order valence-electron chi connectivity index (χ0n) is 20.8. The summed E-state index contributed by atoms with van der Waals surface area (Å²) in [6, 6.07) is 18.4. The number of hydrogen-bond acceptors (Lipinski definition) is 4. The Morgan fingerprint density at radius 3 is 2.39 bits per heavy atom. The monoisotopic (exact) mass is 478 g/mol. The first-order chi connectivity index (χ1) is 17.4. The maximum atomic E-state index is 13.0. The molecule has 3 aromatic heterocycles. The van der Waals surface area contributed by atoms with Crippen molar-refractivity contribution in [2.75, 3.05) is 5.73 Å². The molecular formula is C29H30N6O. The Morgan fingerprint density at radius 2 is 1.67 bits per heavy atom. The van der Waals surface area contributed by atoms with Gasteiger partial charge in [0.2, 0.25) is 0 Å². The molecule has 0 unspecified atom stereocenters. The van der Waals surface area contributed by atoms with Crippen molar-refractivity contribution in [1.29, 1.82) is 0 Å². The number of nitrogens with one attached hydrogen (secondary N) is 1. The molecule has 2 aromatic carbocycles. The standard InChI is InChI=1S/C29H30N6O/c1-19-14-33-34(16-19)17-22-4-6-23(7-5-22)18-35-20(2)12-27(21(35)3)29(36)32-15-24-8-9-26-25(13-24)10-11-31-28(26)30/h4-14,16H,15,17-18H2,1-3H3,(H2,30,31)(H,32,36). The summed E-state index contributed by atoms with van der Waals surface area (Å²) in [6.45, 7) is 7.99. The van der Waals surface area contributed by atoms with E-state index in [0.29, 0.717) is 24.5 Å². The summed E-state index contributed by atoms with van der Waals surface area (Å²) >= 11 is 0. The fourth-order valence-corrected chi connectivity index (χ4v) is 4.59. The van der Waals surface area contributed by atoms with Crippen molar-refractivity contribution in [2.45, 2.75) is 40.4 Å². The number of fused-ring (bicyclic) bond motifs is 1. The van der Waals surface area contributed by atoms with Crippen molar-refractivity contribution in [3.8, 4) is 0 Å². The Kier molecular flexibility index (Phi) is 6.29. The van der Waals surface area contributed by atoms with E-state index in [4.69, 9.17) is 5.73 Å². The van der Waals surface area contributed by atoms with E-state index in [2.05, 4.69) is 44.2 Å². The number of rotatable bonds is 7. The fourth-order valence-electron chi connectivity index (χ4n) is 4.59. The van der Waals surface area contributed by atoms with Crippen LogP contribution in [0.1, 0.15) is 44.0 Å². The third-order valence-electron chi connectivity index (χ3n) is 6.60. The minimum absolute atomic E-state index is 0.0754. The molecule has 0 aliphatic heterocycles. The molecule has 0 spiro atoms. The normalized spacial score (nSPS) is 11.2. The lowest BCUT2D eigenvalue weighted by molar-refractivity contribution is 0.0950. The Bertz CT molecular complexity index is 1540. The second kappa shape index (κ2) is 9.70. The molecule has 0 atom stereocenters. The van der Waals surface area contributed by atoms with E-state index < -0.39 is 0 Å². The van der Waals surface area contributed by atoms with Gasteiger partial charge in [-0.1, -0.05) is 36.4 Å². The van der Waals surface area contributed by atoms with Gasteiger partial charge in [-0.2, -0.15) is 5.10 Å². The molecule has 5 rings (SSSR count). The highest BCUT2D eigenvalue weighted by Gasteiger charge is 2.16. The van der Waals surface area contributed by atoms with Crippen LogP contribution in [0.15, 0.2) is 73.2 Å². The molecule has 0 saturated heterocycles. The zero-order valence-corrected chi connectivity index (χ0v) is 20.8. The van der Waals surface area contributed by atoms with Crippen LogP contribution in [0, 0.1) is 20.8 Å². The third kappa shape index (κ3) is 4.86. The van der Waals surface area contributed by atoms with Gasteiger partial charge in [-0.15, -0.1) is 0 Å². The molecule has 0 saturated carbocycles. The van der Waals surface area contributed by atoms with Crippen LogP contribution in [0.4, 0.5) is 5.82 Å². The van der Waals surface area contributed by atoms with Crippen molar-refractivity contribution in [3.05, 3.63) is 112 Å². The van der Waals surface area contributed by atoms with Crippen LogP contribution in [0.3, 0.4) is 0 Å². The number of nitrogens with two attached hydrogens (primary N) is 1. The summed E-state index contributed by atoms with van der Waals surface area (Å²) in [5, 5.41) is 9.36. The molecule has 0 aliphatic rings. The number of nitrogen functional groups attached to an aromatic ring is 1. The van der Waals surface area contributed by atoms with Crippen molar-refractivity contribution in [3.63, 3.8) is 0 Å². The molecule has 0 aliphatic carbocycles. The summed E-state index contributed by atoms with van der Waals surface area (Å²) in [4.78, 5) is 17.2. The lowest BCUT2D eigenvalue weighted by Gasteiger charge is -2.11. The summed E-state index contributed by atoms with van der Waals surface area (Å²) in [7, 11) is 0. The SMILES string of the molecule is Cc1cnn(Cc2ccc(Cn3c(C)cc(C(=O)NCc4ccc5c(N)nccc5c4)c3C)cc2)c1. The van der Waals surface area contributed by atoms with Gasteiger partial charge in [0.25, 0.3) is 5.91 Å². The lowest BCUT2D eigenvalue weighted by atomic mass is 10.1. The number of carbonyl (C=O) groups excluding carboxylic acids is 1. The van der Waals surface area contributed by atoms with E-state index in [9.17, 15) is 4.79 Å². The van der Waals surface area contributed by atoms with Crippen LogP contribution in [-0.2, 0) is 19.6 Å². The van der Waals surface area contributed by atoms with Gasteiger partial charge >= 0.3 is 0 Å². The van der Waals surface area contributed by atoms with Crippen LogP contribution in [0.5, 0.6) is 0 Å². The van der Waals surface area contributed by atoms with Crippen LogP contribution in [0.2, 0.25) is 0 Å². The predicted octanol–water partition coefficient (Wildman–Crippen LogP) is 4.77. The fraction of sp³-hybridized carbons (Fsp3) is 0.207. The number of amides is 1. The smallest absolute Gasteiger partial charge is 0.253 e. The molecule has 182 valence electrons. The lowest BCUT2D eigenvalue weighted by Crippen LogP contribution is -2.23. The number of aromatic nitrogens is 4. The predicted molar refractivity (Wildman–Crippen MR) is 143 cm³/mol. The van der Waals surface area contributed by atoms with E-state index >= 15 is 0 Å². The van der Waals surface area contributed by atoms with E-state index in [0.717, 1.165) is 39.8 Å². The zero-order chi connectivity index (χ0) is 25.2. The maximum Gasteiger partial charge on any atom is 0.253 e. The van der Waals surface area contributed by atoms with Gasteiger partial charge in [0.15, 0.2) is 0 Å². The molecular weight excluding hydrogens is 448 g/mol. The minimum atomic E-state index is -0.0754. The number of aryl methyl sites for hydroxylation is 2. The number of pyridine rings is 1. The largest absolute Gasteiger partial charge is 0.383 e. The van der Waals surface area contributed by atoms with Gasteiger partial charge in [-0.25, -0.2) is 4.98 Å². The molecule has 0 bridgehead atoms. The van der Waals surface area contributed by atoms with Gasteiger partial charge < -0.3 is 15.6 Å². The average Bonchev–Trinajstić information content (AvgIpc) is 3.41. The minimum Gasteiger partial charge on any atom is -0.383 e. The second-order valence-corrected chi connectivity index (χ2v) is 9.34. The van der Waals surface area contributed by atoms with E-state index in [1.54, 1.807) is 6.20 Å².